The molecule has 0 radical (unpaired) electrons. The van der Waals surface area contributed by atoms with Crippen molar-refractivity contribution in [2.45, 2.75) is 52.2 Å². The smallest absolute Gasteiger partial charge is 0.0746 e. The molecule has 0 saturated heterocycles. The highest BCUT2D eigenvalue weighted by atomic mass is 16.5. The van der Waals surface area contributed by atoms with Crippen molar-refractivity contribution in [1.29, 1.82) is 0 Å². The highest BCUT2D eigenvalue weighted by Crippen LogP contribution is 2.06. The lowest BCUT2D eigenvalue weighted by molar-refractivity contribution is 0.0212. The van der Waals surface area contributed by atoms with Gasteiger partial charge in [0.25, 0.3) is 0 Å². The summed E-state index contributed by atoms with van der Waals surface area (Å²) < 4.78 is 5.30. The van der Waals surface area contributed by atoms with E-state index in [-0.39, 0.29) is 5.60 Å². The van der Waals surface area contributed by atoms with E-state index in [9.17, 15) is 0 Å². The van der Waals surface area contributed by atoms with E-state index < -0.39 is 0 Å². The number of nitrogens with one attached hydrogen (secondary N) is 1. The second-order valence-electron chi connectivity index (χ2n) is 4.03. The van der Waals surface area contributed by atoms with Crippen LogP contribution in [0, 0.1) is 0 Å². The van der Waals surface area contributed by atoms with Crippen molar-refractivity contribution in [1.82, 2.24) is 5.32 Å². The molecule has 0 heterocycles. The summed E-state index contributed by atoms with van der Waals surface area (Å²) in [6.07, 6.45) is 2.47. The lowest BCUT2D eigenvalue weighted by Crippen LogP contribution is -2.40. The van der Waals surface area contributed by atoms with Gasteiger partial charge in [-0.2, -0.15) is 0 Å². The normalized spacial score (nSPS) is 14.8. The van der Waals surface area contributed by atoms with E-state index in [1.165, 1.54) is 12.8 Å². The lowest BCUT2D eigenvalue weighted by atomic mass is 10.1. The van der Waals surface area contributed by atoms with Gasteiger partial charge < -0.3 is 10.1 Å². The average Bonchev–Trinajstić information content (AvgIpc) is 2.02. The highest BCUT2D eigenvalue weighted by molar-refractivity contribution is 4.73. The van der Waals surface area contributed by atoms with Crippen LogP contribution in [0.25, 0.3) is 0 Å². The minimum Gasteiger partial charge on any atom is -0.377 e. The third-order valence-corrected chi connectivity index (χ3v) is 2.15. The molecule has 2 nitrogen and oxygen atoms in total. The Hall–Kier alpha value is -0.0800. The molecule has 0 bridgehead atoms. The fourth-order valence-corrected chi connectivity index (χ4v) is 1.03. The van der Waals surface area contributed by atoms with Gasteiger partial charge in [0.2, 0.25) is 0 Å². The van der Waals surface area contributed by atoms with Crippen molar-refractivity contribution in [2.24, 2.45) is 0 Å². The Kier molecular flexibility index (Phi) is 5.51. The van der Waals surface area contributed by atoms with Crippen molar-refractivity contribution in [2.75, 3.05) is 13.7 Å². The summed E-state index contributed by atoms with van der Waals surface area (Å²) in [6.45, 7) is 9.54. The van der Waals surface area contributed by atoms with E-state index in [1.54, 1.807) is 7.11 Å². The zero-order chi connectivity index (χ0) is 9.61. The first-order chi connectivity index (χ1) is 5.52. The zero-order valence-electron chi connectivity index (χ0n) is 9.11. The van der Waals surface area contributed by atoms with Gasteiger partial charge in [0.1, 0.15) is 0 Å². The lowest BCUT2D eigenvalue weighted by Gasteiger charge is -2.25. The summed E-state index contributed by atoms with van der Waals surface area (Å²) in [6, 6.07) is 0.601. The van der Waals surface area contributed by atoms with Gasteiger partial charge in [0.15, 0.2) is 0 Å². The van der Waals surface area contributed by atoms with Crippen LogP contribution < -0.4 is 5.32 Å². The first-order valence-corrected chi connectivity index (χ1v) is 4.80. The van der Waals surface area contributed by atoms with Gasteiger partial charge in [-0.1, -0.05) is 13.3 Å². The molecule has 2 heteroatoms. The number of hydrogen-bond acceptors (Lipinski definition) is 2. The Bertz CT molecular complexity index is 112. The predicted octanol–water partition coefficient (Wildman–Crippen LogP) is 2.19. The van der Waals surface area contributed by atoms with Crippen LogP contribution in [0.4, 0.5) is 0 Å². The van der Waals surface area contributed by atoms with Gasteiger partial charge in [-0.15, -0.1) is 0 Å². The summed E-state index contributed by atoms with van der Waals surface area (Å²) >= 11 is 0. The standard InChI is InChI=1S/C10H23NO/c1-6-7-9(2)11-8-10(3,4)12-5/h9,11H,6-8H2,1-5H3. The van der Waals surface area contributed by atoms with Crippen LogP contribution in [0.3, 0.4) is 0 Å². The van der Waals surface area contributed by atoms with Crippen molar-refractivity contribution in [3.8, 4) is 0 Å². The van der Waals surface area contributed by atoms with Crippen LogP contribution in [-0.2, 0) is 4.74 Å². The largest absolute Gasteiger partial charge is 0.377 e. The Morgan fingerprint density at radius 2 is 2.00 bits per heavy atom. The topological polar surface area (TPSA) is 21.3 Å². The van der Waals surface area contributed by atoms with Crippen molar-refractivity contribution >= 4 is 0 Å². The Morgan fingerprint density at radius 3 is 2.42 bits per heavy atom. The monoisotopic (exact) mass is 173 g/mol. The maximum Gasteiger partial charge on any atom is 0.0746 e. The van der Waals surface area contributed by atoms with E-state index in [0.717, 1.165) is 6.54 Å². The fourth-order valence-electron chi connectivity index (χ4n) is 1.03. The number of hydrogen-bond donors (Lipinski definition) is 1. The quantitative estimate of drug-likeness (QED) is 0.665. The third kappa shape index (κ3) is 5.56. The molecule has 1 atom stereocenters. The van der Waals surface area contributed by atoms with E-state index >= 15 is 0 Å². The predicted molar refractivity (Wildman–Crippen MR) is 53.5 cm³/mol. The minimum absolute atomic E-state index is 0.0397. The summed E-state index contributed by atoms with van der Waals surface area (Å²) in [5, 5.41) is 3.45. The average molecular weight is 173 g/mol. The van der Waals surface area contributed by atoms with Gasteiger partial charge in [0, 0.05) is 19.7 Å². The number of ether oxygens (including phenoxy) is 1. The summed E-state index contributed by atoms with van der Waals surface area (Å²) in [5.41, 5.74) is -0.0397. The van der Waals surface area contributed by atoms with Gasteiger partial charge in [0.05, 0.1) is 5.60 Å². The van der Waals surface area contributed by atoms with Crippen LogP contribution in [0.1, 0.15) is 40.5 Å². The molecule has 0 aliphatic carbocycles. The van der Waals surface area contributed by atoms with Gasteiger partial charge >= 0.3 is 0 Å². The molecule has 0 fully saturated rings. The van der Waals surface area contributed by atoms with E-state index in [4.69, 9.17) is 4.74 Å². The van der Waals surface area contributed by atoms with Crippen LogP contribution in [0.15, 0.2) is 0 Å². The molecule has 0 aromatic heterocycles. The molecule has 0 spiro atoms. The van der Waals surface area contributed by atoms with Gasteiger partial charge in [-0.05, 0) is 27.2 Å². The van der Waals surface area contributed by atoms with Gasteiger partial charge in [-0.25, -0.2) is 0 Å². The van der Waals surface area contributed by atoms with Crippen LogP contribution in [-0.4, -0.2) is 25.3 Å². The molecule has 1 unspecified atom stereocenters. The fraction of sp³-hybridized carbons (Fsp3) is 1.00. The van der Waals surface area contributed by atoms with Crippen LogP contribution in [0.2, 0.25) is 0 Å². The molecular formula is C10H23NO. The Morgan fingerprint density at radius 1 is 1.42 bits per heavy atom. The van der Waals surface area contributed by atoms with Crippen LogP contribution >= 0.6 is 0 Å². The SMILES string of the molecule is CCCC(C)NCC(C)(C)OC. The first kappa shape index (κ1) is 11.9. The minimum atomic E-state index is -0.0397. The second-order valence-corrected chi connectivity index (χ2v) is 4.03. The number of methoxy groups -OCH3 is 1. The van der Waals surface area contributed by atoms with E-state index in [1.807, 2.05) is 0 Å². The van der Waals surface area contributed by atoms with Crippen molar-refractivity contribution in [3.05, 3.63) is 0 Å². The molecule has 0 amide bonds. The van der Waals surface area contributed by atoms with Crippen molar-refractivity contribution in [3.63, 3.8) is 0 Å². The number of rotatable bonds is 6. The molecule has 0 aromatic carbocycles. The highest BCUT2D eigenvalue weighted by Gasteiger charge is 2.16. The Balaban J connectivity index is 3.52. The van der Waals surface area contributed by atoms with E-state index in [2.05, 4.69) is 33.0 Å². The molecule has 0 aliphatic rings. The maximum atomic E-state index is 5.30. The summed E-state index contributed by atoms with van der Waals surface area (Å²) in [7, 11) is 1.76. The molecule has 0 aromatic rings. The first-order valence-electron chi connectivity index (χ1n) is 4.80. The summed E-state index contributed by atoms with van der Waals surface area (Å²) in [4.78, 5) is 0. The molecule has 12 heavy (non-hydrogen) atoms. The third-order valence-electron chi connectivity index (χ3n) is 2.15. The molecule has 0 aliphatic heterocycles. The molecular weight excluding hydrogens is 150 g/mol. The Labute approximate surface area is 76.7 Å². The molecule has 0 saturated carbocycles. The van der Waals surface area contributed by atoms with Crippen LogP contribution in [0.5, 0.6) is 0 Å². The molecule has 0 rings (SSSR count). The molecule has 74 valence electrons. The zero-order valence-corrected chi connectivity index (χ0v) is 9.11. The van der Waals surface area contributed by atoms with Crippen molar-refractivity contribution < 1.29 is 4.74 Å². The van der Waals surface area contributed by atoms with Gasteiger partial charge in [-0.3, -0.25) is 0 Å². The second kappa shape index (κ2) is 5.55. The maximum absolute atomic E-state index is 5.30. The van der Waals surface area contributed by atoms with E-state index in [0.29, 0.717) is 6.04 Å². The molecule has 1 N–H and O–H groups in total. The summed E-state index contributed by atoms with van der Waals surface area (Å²) in [5.74, 6) is 0.